The lowest BCUT2D eigenvalue weighted by Gasteiger charge is -2.43. The minimum atomic E-state index is -0.147. The maximum Gasteiger partial charge on any atom is 0.257 e. The molecule has 3 rings (SSSR count). The summed E-state index contributed by atoms with van der Waals surface area (Å²) in [5.41, 5.74) is 1.51. The highest BCUT2D eigenvalue weighted by Gasteiger charge is 2.37. The Morgan fingerprint density at radius 2 is 1.79 bits per heavy atom. The summed E-state index contributed by atoms with van der Waals surface area (Å²) in [6, 6.07) is 10.3. The quantitative estimate of drug-likeness (QED) is 0.868. The van der Waals surface area contributed by atoms with E-state index < -0.39 is 0 Å². The van der Waals surface area contributed by atoms with Crippen LogP contribution in [0.3, 0.4) is 0 Å². The maximum atomic E-state index is 13.2. The van der Waals surface area contributed by atoms with Crippen molar-refractivity contribution in [1.29, 1.82) is 0 Å². The fourth-order valence-electron chi connectivity index (χ4n) is 3.21. The van der Waals surface area contributed by atoms with Gasteiger partial charge in [0.2, 0.25) is 5.95 Å². The van der Waals surface area contributed by atoms with Crippen LogP contribution >= 0.6 is 0 Å². The Bertz CT molecular complexity index is 784. The second-order valence-corrected chi connectivity index (χ2v) is 8.69. The lowest BCUT2D eigenvalue weighted by Crippen LogP contribution is -2.51. The van der Waals surface area contributed by atoms with Gasteiger partial charge in [0.15, 0.2) is 0 Å². The molecule has 0 radical (unpaired) electrons. The molecule has 0 aliphatic carbocycles. The van der Waals surface area contributed by atoms with Gasteiger partial charge in [-0.2, -0.15) is 0 Å². The van der Waals surface area contributed by atoms with Crippen molar-refractivity contribution in [3.8, 4) is 0 Å². The number of hydrogen-bond acceptors (Lipinski definition) is 5. The van der Waals surface area contributed by atoms with Crippen LogP contribution in [-0.2, 0) is 4.74 Å². The zero-order chi connectivity index (χ0) is 20.3. The normalized spacial score (nSPS) is 20.3. The highest BCUT2D eigenvalue weighted by atomic mass is 16.5. The van der Waals surface area contributed by atoms with E-state index in [2.05, 4.69) is 36.1 Å². The SMILES string of the molecule is CC(C)Nc1ncc(C(=O)N2C[C@@H](c3ccccc3)O[C@@H](C(C)(C)C)C2)cn1. The smallest absolute Gasteiger partial charge is 0.257 e. The Labute approximate surface area is 167 Å². The van der Waals surface area contributed by atoms with Crippen LogP contribution in [0.4, 0.5) is 5.95 Å². The molecule has 150 valence electrons. The molecule has 1 N–H and O–H groups in total. The van der Waals surface area contributed by atoms with Crippen LogP contribution in [-0.4, -0.2) is 46.0 Å². The first-order valence-electron chi connectivity index (χ1n) is 9.82. The van der Waals surface area contributed by atoms with Crippen molar-refractivity contribution in [3.63, 3.8) is 0 Å². The first kappa shape index (κ1) is 20.3. The molecule has 2 atom stereocenters. The minimum absolute atomic E-state index is 0.0572. The summed E-state index contributed by atoms with van der Waals surface area (Å²) >= 11 is 0. The van der Waals surface area contributed by atoms with Gasteiger partial charge in [0.05, 0.1) is 18.2 Å². The molecule has 1 aliphatic rings. The van der Waals surface area contributed by atoms with E-state index in [1.165, 1.54) is 0 Å². The van der Waals surface area contributed by atoms with E-state index in [1.54, 1.807) is 12.4 Å². The number of ether oxygens (including phenoxy) is 1. The Balaban J connectivity index is 1.81. The minimum Gasteiger partial charge on any atom is -0.366 e. The van der Waals surface area contributed by atoms with Gasteiger partial charge in [-0.25, -0.2) is 9.97 Å². The van der Waals surface area contributed by atoms with E-state index in [4.69, 9.17) is 4.74 Å². The average molecular weight is 383 g/mol. The van der Waals surface area contributed by atoms with Gasteiger partial charge in [-0.15, -0.1) is 0 Å². The van der Waals surface area contributed by atoms with Crippen molar-refractivity contribution in [3.05, 3.63) is 53.9 Å². The summed E-state index contributed by atoms with van der Waals surface area (Å²) in [5, 5.41) is 3.14. The third kappa shape index (κ3) is 4.87. The molecule has 1 amide bonds. The fraction of sp³-hybridized carbons (Fsp3) is 0.500. The third-order valence-electron chi connectivity index (χ3n) is 4.84. The summed E-state index contributed by atoms with van der Waals surface area (Å²) in [4.78, 5) is 23.6. The number of rotatable bonds is 4. The highest BCUT2D eigenvalue weighted by molar-refractivity contribution is 5.93. The summed E-state index contributed by atoms with van der Waals surface area (Å²) in [5.74, 6) is 0.470. The highest BCUT2D eigenvalue weighted by Crippen LogP contribution is 2.33. The van der Waals surface area contributed by atoms with Gasteiger partial charge >= 0.3 is 0 Å². The van der Waals surface area contributed by atoms with E-state index in [9.17, 15) is 4.79 Å². The first-order valence-corrected chi connectivity index (χ1v) is 9.82. The van der Waals surface area contributed by atoms with Gasteiger partial charge in [0.1, 0.15) is 6.10 Å². The molecule has 1 fully saturated rings. The molecule has 0 bridgehead atoms. The van der Waals surface area contributed by atoms with E-state index in [-0.39, 0.29) is 29.6 Å². The van der Waals surface area contributed by atoms with Crippen LogP contribution in [0.1, 0.15) is 56.6 Å². The van der Waals surface area contributed by atoms with Crippen LogP contribution in [0.15, 0.2) is 42.7 Å². The molecule has 2 aromatic rings. The standard InChI is InChI=1S/C22H30N4O2/c1-15(2)25-21-23-11-17(12-24-21)20(27)26-13-18(16-9-7-6-8-10-16)28-19(14-26)22(3,4)5/h6-12,15,18-19H,13-14H2,1-5H3,(H,23,24,25)/t18-,19+/m0/s1. The molecular weight excluding hydrogens is 352 g/mol. The summed E-state index contributed by atoms with van der Waals surface area (Å²) < 4.78 is 6.38. The number of hydrogen-bond donors (Lipinski definition) is 1. The number of carbonyl (C=O) groups is 1. The van der Waals surface area contributed by atoms with Crippen LogP contribution in [0.25, 0.3) is 0 Å². The van der Waals surface area contributed by atoms with Gasteiger partial charge in [0, 0.05) is 25.0 Å². The van der Waals surface area contributed by atoms with Crippen molar-refractivity contribution in [2.24, 2.45) is 5.41 Å². The number of amides is 1. The van der Waals surface area contributed by atoms with E-state index in [0.717, 1.165) is 5.56 Å². The Kier molecular flexibility index (Phi) is 5.98. The number of benzene rings is 1. The number of nitrogens with one attached hydrogen (secondary N) is 1. The predicted octanol–water partition coefficient (Wildman–Crippen LogP) is 3.93. The van der Waals surface area contributed by atoms with Crippen LogP contribution < -0.4 is 5.32 Å². The first-order chi connectivity index (χ1) is 13.2. The summed E-state index contributed by atoms with van der Waals surface area (Å²) in [6.45, 7) is 11.5. The van der Waals surface area contributed by atoms with Crippen molar-refractivity contribution < 1.29 is 9.53 Å². The second-order valence-electron chi connectivity index (χ2n) is 8.69. The third-order valence-corrected chi connectivity index (χ3v) is 4.84. The van der Waals surface area contributed by atoms with Gasteiger partial charge in [0.25, 0.3) is 5.91 Å². The molecular formula is C22H30N4O2. The van der Waals surface area contributed by atoms with E-state index in [0.29, 0.717) is 24.6 Å². The maximum absolute atomic E-state index is 13.2. The molecule has 1 aliphatic heterocycles. The van der Waals surface area contributed by atoms with Crippen molar-refractivity contribution in [2.45, 2.75) is 52.9 Å². The van der Waals surface area contributed by atoms with Crippen LogP contribution in [0.5, 0.6) is 0 Å². The lowest BCUT2D eigenvalue weighted by atomic mass is 9.87. The molecule has 6 nitrogen and oxygen atoms in total. The van der Waals surface area contributed by atoms with E-state index >= 15 is 0 Å². The molecule has 6 heteroatoms. The molecule has 1 aromatic heterocycles. The number of nitrogens with zero attached hydrogens (tertiary/aromatic N) is 3. The molecule has 0 saturated carbocycles. The van der Waals surface area contributed by atoms with Crippen LogP contribution in [0, 0.1) is 5.41 Å². The fourth-order valence-corrected chi connectivity index (χ4v) is 3.21. The number of anilines is 1. The summed E-state index contributed by atoms with van der Waals surface area (Å²) in [6.07, 6.45) is 2.99. The molecule has 2 heterocycles. The zero-order valence-corrected chi connectivity index (χ0v) is 17.3. The topological polar surface area (TPSA) is 67.4 Å². The average Bonchev–Trinajstić information content (AvgIpc) is 2.67. The monoisotopic (exact) mass is 382 g/mol. The van der Waals surface area contributed by atoms with Gasteiger partial charge in [-0.3, -0.25) is 4.79 Å². The molecule has 28 heavy (non-hydrogen) atoms. The van der Waals surface area contributed by atoms with Gasteiger partial charge < -0.3 is 15.0 Å². The zero-order valence-electron chi connectivity index (χ0n) is 17.3. The van der Waals surface area contributed by atoms with E-state index in [1.807, 2.05) is 49.1 Å². The Hall–Kier alpha value is -2.47. The number of morpholine rings is 1. The number of aromatic nitrogens is 2. The van der Waals surface area contributed by atoms with Crippen molar-refractivity contribution in [2.75, 3.05) is 18.4 Å². The van der Waals surface area contributed by atoms with Crippen molar-refractivity contribution in [1.82, 2.24) is 14.9 Å². The Morgan fingerprint density at radius 1 is 1.14 bits per heavy atom. The molecule has 0 spiro atoms. The summed E-state index contributed by atoms with van der Waals surface area (Å²) in [7, 11) is 0. The van der Waals surface area contributed by atoms with Crippen LogP contribution in [0.2, 0.25) is 0 Å². The van der Waals surface area contributed by atoms with Crippen molar-refractivity contribution >= 4 is 11.9 Å². The van der Waals surface area contributed by atoms with Gasteiger partial charge in [-0.1, -0.05) is 51.1 Å². The largest absolute Gasteiger partial charge is 0.366 e. The molecule has 1 saturated heterocycles. The number of carbonyl (C=O) groups excluding carboxylic acids is 1. The predicted molar refractivity (Wildman–Crippen MR) is 110 cm³/mol. The van der Waals surface area contributed by atoms with Gasteiger partial charge in [-0.05, 0) is 24.8 Å². The second kappa shape index (κ2) is 8.27. The Morgan fingerprint density at radius 3 is 2.36 bits per heavy atom. The molecule has 0 unspecified atom stereocenters. The lowest BCUT2D eigenvalue weighted by molar-refractivity contribution is -0.119. The molecule has 1 aromatic carbocycles.